The average molecular weight is 367 g/mol. The minimum absolute atomic E-state index is 0.0489. The smallest absolute Gasteiger partial charge is 0.411 e. The monoisotopic (exact) mass is 367 g/mol. The predicted molar refractivity (Wildman–Crippen MR) is 98.6 cm³/mol. The molecule has 7 heteroatoms. The Bertz CT molecular complexity index is 565. The van der Waals surface area contributed by atoms with Crippen LogP contribution in [0.3, 0.4) is 0 Å². The Hall–Kier alpha value is -2.38. The van der Waals surface area contributed by atoms with Crippen molar-refractivity contribution in [2.75, 3.05) is 13.2 Å². The second-order valence-electron chi connectivity index (χ2n) is 6.38. The summed E-state index contributed by atoms with van der Waals surface area (Å²) in [5.41, 5.74) is 0.00733. The molecule has 1 amide bonds. The van der Waals surface area contributed by atoms with E-state index in [1.54, 1.807) is 57.2 Å². The number of rotatable bonds is 6. The van der Waals surface area contributed by atoms with Gasteiger partial charge in [-0.05, 0) is 33.3 Å². The maximum atomic E-state index is 12.2. The molecule has 7 nitrogen and oxygen atoms in total. The second kappa shape index (κ2) is 12.1. The van der Waals surface area contributed by atoms with Gasteiger partial charge < -0.3 is 20.1 Å². The number of aliphatic hydroxyl groups is 2. The van der Waals surface area contributed by atoms with Gasteiger partial charge in [-0.25, -0.2) is 9.59 Å². The molecule has 0 spiro atoms. The molecule has 0 saturated heterocycles. The van der Waals surface area contributed by atoms with Crippen molar-refractivity contribution in [1.29, 1.82) is 0 Å². The van der Waals surface area contributed by atoms with Crippen molar-refractivity contribution in [3.8, 4) is 0 Å². The molecule has 0 heterocycles. The van der Waals surface area contributed by atoms with Gasteiger partial charge in [0.15, 0.2) is 6.04 Å². The number of carboxylic acid groups (broad SMARTS) is 1. The molecule has 1 aromatic rings. The van der Waals surface area contributed by atoms with Gasteiger partial charge in [0.25, 0.3) is 0 Å². The lowest BCUT2D eigenvalue weighted by atomic mass is 10.1. The van der Waals surface area contributed by atoms with Crippen LogP contribution in [0.25, 0.3) is 0 Å². The van der Waals surface area contributed by atoms with Crippen LogP contribution in [0.2, 0.25) is 0 Å². The van der Waals surface area contributed by atoms with Gasteiger partial charge in [-0.15, -0.1) is 0 Å². The molecule has 3 N–H and O–H groups in total. The Morgan fingerprint density at radius 1 is 1.19 bits per heavy atom. The summed E-state index contributed by atoms with van der Waals surface area (Å²) in [4.78, 5) is 24.4. The lowest BCUT2D eigenvalue weighted by Crippen LogP contribution is -2.48. The summed E-state index contributed by atoms with van der Waals surface area (Å²) in [6.45, 7) is 6.49. The Morgan fingerprint density at radius 2 is 1.77 bits per heavy atom. The first kappa shape index (κ1) is 23.6. The molecule has 1 atom stereocenters. The predicted octanol–water partition coefficient (Wildman–Crippen LogP) is 2.42. The molecule has 0 aromatic heterocycles. The molecule has 1 aromatic carbocycles. The average Bonchev–Trinajstić information content (AvgIpc) is 2.55. The van der Waals surface area contributed by atoms with Crippen LogP contribution in [0.15, 0.2) is 42.5 Å². The zero-order valence-corrected chi connectivity index (χ0v) is 15.8. The van der Waals surface area contributed by atoms with Gasteiger partial charge in [0, 0.05) is 0 Å². The zero-order valence-electron chi connectivity index (χ0n) is 15.8. The highest BCUT2D eigenvalue weighted by atomic mass is 16.6. The Kier molecular flexibility index (Phi) is 10.9. The standard InChI is InChI=1S/C15H21NO5.C4H8O/c1-15(2,3)21-14(20)16(12(10-17)13(18)19)9-11-7-5-4-6-8-11;1-2-3-4-5/h4-8,12,17H,9-10H2,1-3H3,(H,18,19);2-3,5H,4H2,1H3/t12-;/m0./s1. The van der Waals surface area contributed by atoms with E-state index in [0.29, 0.717) is 0 Å². The van der Waals surface area contributed by atoms with Crippen LogP contribution in [0, 0.1) is 0 Å². The number of aliphatic carboxylic acids is 1. The maximum absolute atomic E-state index is 12.2. The van der Waals surface area contributed by atoms with E-state index < -0.39 is 30.3 Å². The molecule has 146 valence electrons. The number of carboxylic acids is 1. The van der Waals surface area contributed by atoms with Gasteiger partial charge in [-0.2, -0.15) is 0 Å². The molecule has 0 unspecified atom stereocenters. The summed E-state index contributed by atoms with van der Waals surface area (Å²) in [5.74, 6) is -1.28. The number of ether oxygens (including phenoxy) is 1. The van der Waals surface area contributed by atoms with E-state index in [9.17, 15) is 14.7 Å². The van der Waals surface area contributed by atoms with Crippen molar-refractivity contribution in [3.05, 3.63) is 48.0 Å². The fourth-order valence-electron chi connectivity index (χ4n) is 1.82. The minimum Gasteiger partial charge on any atom is -0.480 e. The van der Waals surface area contributed by atoms with Gasteiger partial charge in [-0.3, -0.25) is 4.90 Å². The van der Waals surface area contributed by atoms with Gasteiger partial charge in [0.1, 0.15) is 5.60 Å². The number of allylic oxidation sites excluding steroid dienone is 1. The van der Waals surface area contributed by atoms with Gasteiger partial charge >= 0.3 is 12.1 Å². The highest BCUT2D eigenvalue weighted by Crippen LogP contribution is 2.15. The summed E-state index contributed by atoms with van der Waals surface area (Å²) in [6, 6.07) is 7.60. The first-order chi connectivity index (χ1) is 12.2. The van der Waals surface area contributed by atoms with Crippen molar-refractivity contribution >= 4 is 12.1 Å². The first-order valence-corrected chi connectivity index (χ1v) is 8.25. The quantitative estimate of drug-likeness (QED) is 0.667. The van der Waals surface area contributed by atoms with Crippen molar-refractivity contribution in [3.63, 3.8) is 0 Å². The van der Waals surface area contributed by atoms with E-state index in [-0.39, 0.29) is 13.2 Å². The van der Waals surface area contributed by atoms with E-state index in [0.717, 1.165) is 10.5 Å². The van der Waals surface area contributed by atoms with Crippen LogP contribution in [-0.2, 0) is 16.1 Å². The molecule has 0 aliphatic carbocycles. The van der Waals surface area contributed by atoms with Crippen LogP contribution >= 0.6 is 0 Å². The molecule has 0 fully saturated rings. The molecule has 0 saturated carbocycles. The molecular weight excluding hydrogens is 338 g/mol. The van der Waals surface area contributed by atoms with E-state index in [2.05, 4.69) is 0 Å². The third kappa shape index (κ3) is 9.80. The molecular formula is C19H29NO6. The Morgan fingerprint density at radius 3 is 2.12 bits per heavy atom. The van der Waals surface area contributed by atoms with Crippen molar-refractivity contribution < 1.29 is 29.6 Å². The summed E-state index contributed by atoms with van der Waals surface area (Å²) in [6.07, 6.45) is 2.72. The van der Waals surface area contributed by atoms with E-state index in [1.807, 2.05) is 13.0 Å². The summed E-state index contributed by atoms with van der Waals surface area (Å²) >= 11 is 0. The molecule has 0 bridgehead atoms. The van der Waals surface area contributed by atoms with Crippen molar-refractivity contribution in [2.45, 2.75) is 45.9 Å². The Labute approximate surface area is 154 Å². The molecule has 0 aliphatic rings. The number of carbonyl (C=O) groups is 2. The normalized spacial score (nSPS) is 12.1. The molecule has 0 radical (unpaired) electrons. The van der Waals surface area contributed by atoms with Gasteiger partial charge in [0.05, 0.1) is 19.8 Å². The fourth-order valence-corrected chi connectivity index (χ4v) is 1.82. The topological polar surface area (TPSA) is 107 Å². The number of amides is 1. The molecule has 26 heavy (non-hydrogen) atoms. The summed E-state index contributed by atoms with van der Waals surface area (Å²) < 4.78 is 5.22. The molecule has 0 aliphatic heterocycles. The lowest BCUT2D eigenvalue weighted by molar-refractivity contribution is -0.145. The van der Waals surface area contributed by atoms with Crippen LogP contribution < -0.4 is 0 Å². The minimum atomic E-state index is -1.35. The summed E-state index contributed by atoms with van der Waals surface area (Å²) in [7, 11) is 0. The summed E-state index contributed by atoms with van der Waals surface area (Å²) in [5, 5.41) is 26.4. The number of nitrogens with zero attached hydrogens (tertiary/aromatic N) is 1. The third-order valence-electron chi connectivity index (χ3n) is 3.00. The van der Waals surface area contributed by atoms with Crippen LogP contribution in [0.4, 0.5) is 4.79 Å². The third-order valence-corrected chi connectivity index (χ3v) is 3.00. The Balaban J connectivity index is 0.00000110. The largest absolute Gasteiger partial charge is 0.480 e. The van der Waals surface area contributed by atoms with Crippen LogP contribution in [0.5, 0.6) is 0 Å². The lowest BCUT2D eigenvalue weighted by Gasteiger charge is -2.30. The SMILES string of the molecule is CC(C)(C)OC(=O)N(Cc1ccccc1)[C@@H](CO)C(=O)O.CC=CCO. The van der Waals surface area contributed by atoms with Gasteiger partial charge in [0.2, 0.25) is 0 Å². The number of aliphatic hydroxyl groups excluding tert-OH is 2. The fraction of sp³-hybridized carbons (Fsp3) is 0.474. The maximum Gasteiger partial charge on any atom is 0.411 e. The number of carbonyl (C=O) groups excluding carboxylic acids is 1. The van der Waals surface area contributed by atoms with E-state index >= 15 is 0 Å². The van der Waals surface area contributed by atoms with E-state index in [1.165, 1.54) is 0 Å². The number of benzene rings is 1. The first-order valence-electron chi connectivity index (χ1n) is 8.25. The van der Waals surface area contributed by atoms with E-state index in [4.69, 9.17) is 14.9 Å². The van der Waals surface area contributed by atoms with Gasteiger partial charge in [-0.1, -0.05) is 42.5 Å². The highest BCUT2D eigenvalue weighted by Gasteiger charge is 2.32. The highest BCUT2D eigenvalue weighted by molar-refractivity contribution is 5.80. The van der Waals surface area contributed by atoms with Crippen molar-refractivity contribution in [2.24, 2.45) is 0 Å². The number of hydrogen-bond donors (Lipinski definition) is 3. The second-order valence-corrected chi connectivity index (χ2v) is 6.38. The number of hydrogen-bond acceptors (Lipinski definition) is 5. The van der Waals surface area contributed by atoms with Crippen LogP contribution in [-0.4, -0.2) is 57.1 Å². The zero-order chi connectivity index (χ0) is 20.2. The molecule has 1 rings (SSSR count). The van der Waals surface area contributed by atoms with Crippen molar-refractivity contribution in [1.82, 2.24) is 4.90 Å². The van der Waals surface area contributed by atoms with Crippen LogP contribution in [0.1, 0.15) is 33.3 Å².